The van der Waals surface area contributed by atoms with Gasteiger partial charge < -0.3 is 9.47 Å². The van der Waals surface area contributed by atoms with Crippen molar-refractivity contribution >= 4 is 29.0 Å². The Kier molecular flexibility index (Phi) is 3.46. The summed E-state index contributed by atoms with van der Waals surface area (Å²) in [6.07, 6.45) is 1.52. The normalized spacial score (nSPS) is 14.1. The zero-order valence-corrected chi connectivity index (χ0v) is 14.3. The molecule has 0 N–H and O–H groups in total. The van der Waals surface area contributed by atoms with E-state index in [1.165, 1.54) is 6.20 Å². The van der Waals surface area contributed by atoms with Gasteiger partial charge in [0.25, 0.3) is 5.91 Å². The van der Waals surface area contributed by atoms with Gasteiger partial charge in [-0.15, -0.1) is 11.3 Å². The van der Waals surface area contributed by atoms with Crippen LogP contribution in [-0.2, 0) is 13.1 Å². The maximum Gasteiger partial charge on any atom is 0.275 e. The van der Waals surface area contributed by atoms with Crippen LogP contribution < -0.4 is 0 Å². The lowest BCUT2D eigenvalue weighted by atomic mass is 10.2. The SMILES string of the molecule is Cc1nc(-c2nc(C)c3n2CCN(C(=O)c2cnsn2)C3)cs1. The van der Waals surface area contributed by atoms with Crippen LogP contribution >= 0.6 is 23.1 Å². The van der Waals surface area contributed by atoms with Gasteiger partial charge in [0.2, 0.25) is 0 Å². The molecule has 0 aromatic carbocycles. The first-order chi connectivity index (χ1) is 11.1. The zero-order valence-electron chi connectivity index (χ0n) is 12.7. The summed E-state index contributed by atoms with van der Waals surface area (Å²) in [6, 6.07) is 0. The number of fused-ring (bicyclic) bond motifs is 1. The molecule has 3 aromatic rings. The molecule has 118 valence electrons. The third kappa shape index (κ3) is 2.45. The van der Waals surface area contributed by atoms with Gasteiger partial charge in [0.15, 0.2) is 11.5 Å². The Labute approximate surface area is 141 Å². The summed E-state index contributed by atoms with van der Waals surface area (Å²) in [5.74, 6) is 0.820. The minimum atomic E-state index is -0.0725. The lowest BCUT2D eigenvalue weighted by Crippen LogP contribution is -2.38. The van der Waals surface area contributed by atoms with Gasteiger partial charge in [-0.05, 0) is 13.8 Å². The van der Waals surface area contributed by atoms with Crippen molar-refractivity contribution in [3.8, 4) is 11.5 Å². The van der Waals surface area contributed by atoms with Crippen molar-refractivity contribution in [2.45, 2.75) is 26.9 Å². The second kappa shape index (κ2) is 5.50. The van der Waals surface area contributed by atoms with Gasteiger partial charge in [0.1, 0.15) is 5.69 Å². The van der Waals surface area contributed by atoms with E-state index in [-0.39, 0.29) is 5.91 Å². The van der Waals surface area contributed by atoms with Crippen LogP contribution in [0, 0.1) is 13.8 Å². The molecular weight excluding hydrogens is 332 g/mol. The van der Waals surface area contributed by atoms with Gasteiger partial charge in [0, 0.05) is 18.5 Å². The van der Waals surface area contributed by atoms with Gasteiger partial charge in [-0.1, -0.05) is 0 Å². The van der Waals surface area contributed by atoms with E-state index in [0.29, 0.717) is 25.3 Å². The molecule has 0 radical (unpaired) electrons. The standard InChI is InChI=1S/C14H14N6OS2/c1-8-12-6-19(14(21)10-5-15-23-18-10)3-4-20(12)13(16-8)11-7-22-9(2)17-11/h5,7H,3-4,6H2,1-2H3. The van der Waals surface area contributed by atoms with Crippen molar-refractivity contribution in [3.63, 3.8) is 0 Å². The molecule has 1 aliphatic rings. The summed E-state index contributed by atoms with van der Waals surface area (Å²) in [5, 5.41) is 3.06. The van der Waals surface area contributed by atoms with Crippen molar-refractivity contribution < 1.29 is 4.79 Å². The van der Waals surface area contributed by atoms with E-state index in [1.807, 2.05) is 19.2 Å². The minimum Gasteiger partial charge on any atom is -0.330 e. The largest absolute Gasteiger partial charge is 0.330 e. The molecule has 9 heteroatoms. The fourth-order valence-electron chi connectivity index (χ4n) is 2.78. The summed E-state index contributed by atoms with van der Waals surface area (Å²) < 4.78 is 10.1. The van der Waals surface area contributed by atoms with E-state index in [9.17, 15) is 4.79 Å². The Hall–Kier alpha value is -2.13. The Morgan fingerprint density at radius 1 is 1.26 bits per heavy atom. The van der Waals surface area contributed by atoms with Gasteiger partial charge in [-0.2, -0.15) is 8.75 Å². The predicted octanol–water partition coefficient (Wildman–Crippen LogP) is 2.13. The maximum absolute atomic E-state index is 12.5. The first-order valence-corrected chi connectivity index (χ1v) is 8.80. The molecule has 3 aromatic heterocycles. The number of hydrogen-bond acceptors (Lipinski definition) is 7. The fraction of sp³-hybridized carbons (Fsp3) is 0.357. The Morgan fingerprint density at radius 3 is 2.83 bits per heavy atom. The van der Waals surface area contributed by atoms with Crippen LogP contribution in [-0.4, -0.2) is 40.6 Å². The lowest BCUT2D eigenvalue weighted by molar-refractivity contribution is 0.0706. The van der Waals surface area contributed by atoms with Gasteiger partial charge in [0.05, 0.1) is 40.9 Å². The van der Waals surface area contributed by atoms with Crippen molar-refractivity contribution in [2.75, 3.05) is 6.54 Å². The van der Waals surface area contributed by atoms with E-state index in [1.54, 1.807) is 16.2 Å². The molecule has 7 nitrogen and oxygen atoms in total. The highest BCUT2D eigenvalue weighted by Gasteiger charge is 2.27. The second-order valence-corrected chi connectivity index (χ2v) is 7.01. The third-order valence-corrected chi connectivity index (χ3v) is 5.17. The average molecular weight is 346 g/mol. The molecule has 0 aliphatic carbocycles. The molecule has 0 fully saturated rings. The van der Waals surface area contributed by atoms with Crippen LogP contribution in [0.2, 0.25) is 0 Å². The highest BCUT2D eigenvalue weighted by molar-refractivity contribution is 7.09. The molecule has 23 heavy (non-hydrogen) atoms. The molecule has 1 aliphatic heterocycles. The van der Waals surface area contributed by atoms with E-state index >= 15 is 0 Å². The molecular formula is C14H14N6OS2. The number of hydrogen-bond donors (Lipinski definition) is 0. The first kappa shape index (κ1) is 14.5. The Bertz CT molecular complexity index is 866. The zero-order chi connectivity index (χ0) is 16.0. The molecule has 0 saturated carbocycles. The molecule has 0 atom stereocenters. The highest BCUT2D eigenvalue weighted by Crippen LogP contribution is 2.27. The summed E-state index contributed by atoms with van der Waals surface area (Å²) >= 11 is 2.67. The van der Waals surface area contributed by atoms with Crippen molar-refractivity contribution in [2.24, 2.45) is 0 Å². The number of imidazole rings is 1. The van der Waals surface area contributed by atoms with Gasteiger partial charge in [-0.25, -0.2) is 9.97 Å². The molecule has 0 spiro atoms. The van der Waals surface area contributed by atoms with Crippen LogP contribution in [0.4, 0.5) is 0 Å². The number of nitrogens with zero attached hydrogens (tertiary/aromatic N) is 6. The average Bonchev–Trinajstić information content (AvgIpc) is 3.27. The monoisotopic (exact) mass is 346 g/mol. The predicted molar refractivity (Wildman–Crippen MR) is 87.5 cm³/mol. The number of carbonyl (C=O) groups is 1. The Balaban J connectivity index is 1.66. The fourth-order valence-corrected chi connectivity index (χ4v) is 3.78. The molecule has 1 amide bonds. The number of thiazole rings is 1. The number of amides is 1. The van der Waals surface area contributed by atoms with Crippen molar-refractivity contribution in [1.82, 2.24) is 28.2 Å². The quantitative estimate of drug-likeness (QED) is 0.710. The Morgan fingerprint density at radius 2 is 2.13 bits per heavy atom. The highest BCUT2D eigenvalue weighted by atomic mass is 32.1. The summed E-state index contributed by atoms with van der Waals surface area (Å²) in [7, 11) is 0. The van der Waals surface area contributed by atoms with E-state index < -0.39 is 0 Å². The van der Waals surface area contributed by atoms with Crippen LogP contribution in [0.3, 0.4) is 0 Å². The maximum atomic E-state index is 12.5. The number of aromatic nitrogens is 5. The molecule has 0 unspecified atom stereocenters. The van der Waals surface area contributed by atoms with E-state index in [0.717, 1.165) is 39.6 Å². The number of carbonyl (C=O) groups excluding carboxylic acids is 1. The van der Waals surface area contributed by atoms with Gasteiger partial charge in [-0.3, -0.25) is 4.79 Å². The van der Waals surface area contributed by atoms with Crippen LogP contribution in [0.1, 0.15) is 26.9 Å². The molecule has 4 heterocycles. The smallest absolute Gasteiger partial charge is 0.275 e. The van der Waals surface area contributed by atoms with Crippen molar-refractivity contribution in [1.29, 1.82) is 0 Å². The van der Waals surface area contributed by atoms with E-state index in [4.69, 9.17) is 0 Å². The van der Waals surface area contributed by atoms with E-state index in [2.05, 4.69) is 23.3 Å². The first-order valence-electron chi connectivity index (χ1n) is 7.19. The summed E-state index contributed by atoms with van der Waals surface area (Å²) in [6.45, 7) is 5.86. The summed E-state index contributed by atoms with van der Waals surface area (Å²) in [5.41, 5.74) is 3.33. The van der Waals surface area contributed by atoms with Crippen LogP contribution in [0.25, 0.3) is 11.5 Å². The van der Waals surface area contributed by atoms with Gasteiger partial charge >= 0.3 is 0 Å². The third-order valence-electron chi connectivity index (χ3n) is 3.92. The second-order valence-electron chi connectivity index (χ2n) is 5.39. The lowest BCUT2D eigenvalue weighted by Gasteiger charge is -2.28. The van der Waals surface area contributed by atoms with Crippen molar-refractivity contribution in [3.05, 3.63) is 33.7 Å². The molecule has 4 rings (SSSR count). The molecule has 0 bridgehead atoms. The summed E-state index contributed by atoms with van der Waals surface area (Å²) in [4.78, 5) is 23.5. The number of rotatable bonds is 2. The van der Waals surface area contributed by atoms with Crippen LogP contribution in [0.5, 0.6) is 0 Å². The van der Waals surface area contributed by atoms with Crippen LogP contribution in [0.15, 0.2) is 11.6 Å². The molecule has 0 saturated heterocycles. The number of aryl methyl sites for hydroxylation is 2. The minimum absolute atomic E-state index is 0.0725. The topological polar surface area (TPSA) is 76.8 Å².